The van der Waals surface area contributed by atoms with E-state index in [9.17, 15) is 28.0 Å². The first kappa shape index (κ1) is 21.5. The molecule has 1 fully saturated rings. The topological polar surface area (TPSA) is 116 Å². The summed E-state index contributed by atoms with van der Waals surface area (Å²) in [5.41, 5.74) is 0.360. The second-order valence-electron chi connectivity index (χ2n) is 6.45. The normalized spacial score (nSPS) is 19.0. The van der Waals surface area contributed by atoms with Gasteiger partial charge < -0.3 is 20.6 Å². The Morgan fingerprint density at radius 2 is 1.96 bits per heavy atom. The summed E-state index contributed by atoms with van der Waals surface area (Å²) in [4.78, 5) is 47.5. The molecular weight excluding hydrogens is 400 g/mol. The van der Waals surface area contributed by atoms with Gasteiger partial charge in [-0.05, 0) is 25.1 Å². The molecule has 3 N–H and O–H groups in total. The molecule has 3 amide bonds. The van der Waals surface area contributed by atoms with Crippen LogP contribution >= 0.6 is 11.6 Å². The van der Waals surface area contributed by atoms with Crippen molar-refractivity contribution in [3.8, 4) is 0 Å². The first-order valence-electron chi connectivity index (χ1n) is 8.20. The van der Waals surface area contributed by atoms with Crippen LogP contribution in [0.1, 0.15) is 30.6 Å². The quantitative estimate of drug-likeness (QED) is 0.674. The summed E-state index contributed by atoms with van der Waals surface area (Å²) in [6, 6.07) is 1.12. The Hall–Kier alpha value is -2.75. The summed E-state index contributed by atoms with van der Waals surface area (Å²) < 4.78 is 27.1. The van der Waals surface area contributed by atoms with Gasteiger partial charge in [-0.3, -0.25) is 14.4 Å². The number of carboxylic acid groups (broad SMARTS) is 1. The van der Waals surface area contributed by atoms with Gasteiger partial charge in [0.2, 0.25) is 11.8 Å². The van der Waals surface area contributed by atoms with E-state index >= 15 is 0 Å². The van der Waals surface area contributed by atoms with E-state index in [1.807, 2.05) is 0 Å². The minimum absolute atomic E-state index is 0.0697. The molecule has 1 heterocycles. The molecule has 8 nitrogen and oxygen atoms in total. The number of benzene rings is 1. The fourth-order valence-electron chi connectivity index (χ4n) is 2.81. The van der Waals surface area contributed by atoms with Crippen LogP contribution in [0.3, 0.4) is 0 Å². The Morgan fingerprint density at radius 3 is 2.50 bits per heavy atom. The molecule has 28 heavy (non-hydrogen) atoms. The standard InChI is InChI=1S/C17H18ClF2N3O5/c1-8(15(26)23-7-17(19,20)6-13(23)16(27)28)21-14(25)10-3-4-12(11(18)5-10)22-9(2)24/h3-5,8,13H,6-7H2,1-2H3,(H,21,25)(H,22,24)(H,27,28). The minimum Gasteiger partial charge on any atom is -0.480 e. The molecule has 0 saturated carbocycles. The van der Waals surface area contributed by atoms with Crippen LogP contribution in [-0.4, -0.2) is 58.2 Å². The van der Waals surface area contributed by atoms with Crippen molar-refractivity contribution in [2.45, 2.75) is 38.3 Å². The predicted octanol–water partition coefficient (Wildman–Crippen LogP) is 1.74. The third kappa shape index (κ3) is 4.94. The van der Waals surface area contributed by atoms with Gasteiger partial charge in [-0.1, -0.05) is 11.6 Å². The van der Waals surface area contributed by atoms with Gasteiger partial charge in [0.05, 0.1) is 17.3 Å². The number of carbonyl (C=O) groups is 4. The van der Waals surface area contributed by atoms with Crippen molar-refractivity contribution in [2.75, 3.05) is 11.9 Å². The third-order valence-corrected chi connectivity index (χ3v) is 4.41. The first-order chi connectivity index (χ1) is 12.9. The lowest BCUT2D eigenvalue weighted by Gasteiger charge is -2.25. The minimum atomic E-state index is -3.31. The molecular formula is C17H18ClF2N3O5. The number of rotatable bonds is 5. The second-order valence-corrected chi connectivity index (χ2v) is 6.86. The number of carbonyl (C=O) groups excluding carboxylic acids is 3. The Labute approximate surface area is 163 Å². The number of likely N-dealkylation sites (tertiary alicyclic amines) is 1. The summed E-state index contributed by atoms with van der Waals surface area (Å²) in [7, 11) is 0. The molecule has 1 aliphatic heterocycles. The van der Waals surface area contributed by atoms with Crippen LogP contribution in [0.4, 0.5) is 14.5 Å². The molecule has 11 heteroatoms. The first-order valence-corrected chi connectivity index (χ1v) is 8.58. The number of carboxylic acids is 1. The van der Waals surface area contributed by atoms with Crippen molar-refractivity contribution in [1.82, 2.24) is 10.2 Å². The number of amides is 3. The average Bonchev–Trinajstić information content (AvgIpc) is 2.91. The van der Waals surface area contributed by atoms with Gasteiger partial charge in [0.1, 0.15) is 12.1 Å². The highest BCUT2D eigenvalue weighted by Crippen LogP contribution is 2.32. The van der Waals surface area contributed by atoms with Crippen molar-refractivity contribution in [2.24, 2.45) is 0 Å². The SMILES string of the molecule is CC(=O)Nc1ccc(C(=O)NC(C)C(=O)N2CC(F)(F)CC2C(=O)O)cc1Cl. The van der Waals surface area contributed by atoms with Crippen LogP contribution in [0, 0.1) is 0 Å². The average molecular weight is 418 g/mol. The zero-order chi connectivity index (χ0) is 21.2. The third-order valence-electron chi connectivity index (χ3n) is 4.10. The van der Waals surface area contributed by atoms with Crippen molar-refractivity contribution < 1.29 is 33.1 Å². The van der Waals surface area contributed by atoms with Crippen molar-refractivity contribution in [1.29, 1.82) is 0 Å². The Bertz CT molecular complexity index is 833. The van der Waals surface area contributed by atoms with Gasteiger partial charge >= 0.3 is 5.97 Å². The van der Waals surface area contributed by atoms with Crippen LogP contribution < -0.4 is 10.6 Å². The highest BCUT2D eigenvalue weighted by molar-refractivity contribution is 6.34. The van der Waals surface area contributed by atoms with E-state index < -0.39 is 48.8 Å². The molecule has 2 atom stereocenters. The van der Waals surface area contributed by atoms with Gasteiger partial charge in [-0.2, -0.15) is 0 Å². The van der Waals surface area contributed by atoms with Gasteiger partial charge in [0.15, 0.2) is 0 Å². The summed E-state index contributed by atoms with van der Waals surface area (Å²) in [6.07, 6.45) is -0.977. The molecule has 1 saturated heterocycles. The molecule has 0 aromatic heterocycles. The van der Waals surface area contributed by atoms with Gasteiger partial charge in [-0.25, -0.2) is 13.6 Å². The number of hydrogen-bond donors (Lipinski definition) is 3. The lowest BCUT2D eigenvalue weighted by molar-refractivity contribution is -0.148. The van der Waals surface area contributed by atoms with Crippen LogP contribution in [0.25, 0.3) is 0 Å². The number of nitrogens with one attached hydrogen (secondary N) is 2. The number of anilines is 1. The molecule has 0 aliphatic carbocycles. The molecule has 2 rings (SSSR count). The summed E-state index contributed by atoms with van der Waals surface area (Å²) >= 11 is 5.99. The monoisotopic (exact) mass is 417 g/mol. The smallest absolute Gasteiger partial charge is 0.326 e. The van der Waals surface area contributed by atoms with Crippen molar-refractivity contribution in [3.05, 3.63) is 28.8 Å². The molecule has 1 aromatic carbocycles. The lowest BCUT2D eigenvalue weighted by Crippen LogP contribution is -2.50. The number of alkyl halides is 2. The van der Waals surface area contributed by atoms with Crippen molar-refractivity contribution >= 4 is 41.0 Å². The van der Waals surface area contributed by atoms with Crippen LogP contribution in [-0.2, 0) is 14.4 Å². The lowest BCUT2D eigenvalue weighted by atomic mass is 10.1. The van der Waals surface area contributed by atoms with Gasteiger partial charge in [0, 0.05) is 18.9 Å². The van der Waals surface area contributed by atoms with Gasteiger partial charge in [-0.15, -0.1) is 0 Å². The van der Waals surface area contributed by atoms with Crippen molar-refractivity contribution in [3.63, 3.8) is 0 Å². The maximum Gasteiger partial charge on any atom is 0.326 e. The summed E-state index contributed by atoms with van der Waals surface area (Å²) in [5.74, 6) is -6.85. The number of aliphatic carboxylic acids is 1. The Morgan fingerprint density at radius 1 is 1.32 bits per heavy atom. The molecule has 152 valence electrons. The van der Waals surface area contributed by atoms with E-state index in [0.717, 1.165) is 0 Å². The maximum absolute atomic E-state index is 13.5. The number of hydrogen-bond acceptors (Lipinski definition) is 4. The molecule has 0 bridgehead atoms. The Kier molecular flexibility index (Phi) is 6.23. The molecule has 1 aliphatic rings. The Balaban J connectivity index is 2.09. The highest BCUT2D eigenvalue weighted by Gasteiger charge is 2.50. The fourth-order valence-corrected chi connectivity index (χ4v) is 3.03. The van der Waals surface area contributed by atoms with E-state index in [0.29, 0.717) is 10.6 Å². The summed E-state index contributed by atoms with van der Waals surface area (Å²) in [5, 5.41) is 14.0. The molecule has 0 radical (unpaired) electrons. The van der Waals surface area contributed by atoms with Crippen LogP contribution in [0.5, 0.6) is 0 Å². The zero-order valence-electron chi connectivity index (χ0n) is 15.0. The zero-order valence-corrected chi connectivity index (χ0v) is 15.7. The van der Waals surface area contributed by atoms with Crippen LogP contribution in [0.15, 0.2) is 18.2 Å². The summed E-state index contributed by atoms with van der Waals surface area (Å²) in [6.45, 7) is 1.53. The molecule has 0 spiro atoms. The van der Waals surface area contributed by atoms with E-state index in [1.165, 1.54) is 32.0 Å². The van der Waals surface area contributed by atoms with Crippen LogP contribution in [0.2, 0.25) is 5.02 Å². The highest BCUT2D eigenvalue weighted by atomic mass is 35.5. The second kappa shape index (κ2) is 8.09. The predicted molar refractivity (Wildman–Crippen MR) is 95.4 cm³/mol. The number of nitrogens with zero attached hydrogens (tertiary/aromatic N) is 1. The molecule has 1 aromatic rings. The number of halogens is 3. The molecule has 2 unspecified atom stereocenters. The largest absolute Gasteiger partial charge is 0.480 e. The fraction of sp³-hybridized carbons (Fsp3) is 0.412. The van der Waals surface area contributed by atoms with E-state index in [2.05, 4.69) is 10.6 Å². The van der Waals surface area contributed by atoms with Gasteiger partial charge in [0.25, 0.3) is 11.8 Å². The maximum atomic E-state index is 13.5. The van der Waals surface area contributed by atoms with E-state index in [1.54, 1.807) is 0 Å². The van der Waals surface area contributed by atoms with E-state index in [-0.39, 0.29) is 16.5 Å². The van der Waals surface area contributed by atoms with E-state index in [4.69, 9.17) is 16.7 Å².